The van der Waals surface area contributed by atoms with Crippen LogP contribution in [0.5, 0.6) is 5.75 Å². The predicted octanol–water partition coefficient (Wildman–Crippen LogP) is 2.00. The molecule has 19 heavy (non-hydrogen) atoms. The highest BCUT2D eigenvalue weighted by atomic mass is 16.5. The van der Waals surface area contributed by atoms with Gasteiger partial charge in [-0.1, -0.05) is 13.0 Å². The van der Waals surface area contributed by atoms with Gasteiger partial charge in [0.15, 0.2) is 0 Å². The minimum atomic E-state index is -0.616. The topological polar surface area (TPSA) is 47.3 Å². The van der Waals surface area contributed by atoms with Crippen molar-refractivity contribution in [2.24, 2.45) is 7.05 Å². The monoisotopic (exact) mass is 258 g/mol. The van der Waals surface area contributed by atoms with E-state index in [0.717, 1.165) is 42.0 Å². The maximum atomic E-state index is 10.6. The maximum absolute atomic E-state index is 10.6. The van der Waals surface area contributed by atoms with Crippen LogP contribution in [0, 0.1) is 0 Å². The molecule has 0 saturated carbocycles. The largest absolute Gasteiger partial charge is 0.493 e. The lowest BCUT2D eigenvalue weighted by atomic mass is 9.98. The zero-order chi connectivity index (χ0) is 13.4. The summed E-state index contributed by atoms with van der Waals surface area (Å²) in [4.78, 5) is 0. The highest BCUT2D eigenvalue weighted by molar-refractivity contribution is 5.42. The van der Waals surface area contributed by atoms with Crippen LogP contribution < -0.4 is 4.74 Å². The zero-order valence-corrected chi connectivity index (χ0v) is 11.3. The molecule has 4 nitrogen and oxygen atoms in total. The second-order valence-electron chi connectivity index (χ2n) is 4.93. The van der Waals surface area contributed by atoms with E-state index in [-0.39, 0.29) is 0 Å². The molecule has 1 atom stereocenters. The lowest BCUT2D eigenvalue weighted by molar-refractivity contribution is 0.219. The summed E-state index contributed by atoms with van der Waals surface area (Å²) in [5.74, 6) is 0.942. The fourth-order valence-corrected chi connectivity index (χ4v) is 2.61. The van der Waals surface area contributed by atoms with Gasteiger partial charge in [0.1, 0.15) is 11.9 Å². The minimum absolute atomic E-state index is 0.616. The van der Waals surface area contributed by atoms with Gasteiger partial charge in [-0.2, -0.15) is 5.10 Å². The summed E-state index contributed by atoms with van der Waals surface area (Å²) in [6.07, 6.45) is 3.02. The van der Waals surface area contributed by atoms with Crippen molar-refractivity contribution in [3.63, 3.8) is 0 Å². The van der Waals surface area contributed by atoms with Gasteiger partial charge in [0.05, 0.1) is 12.3 Å². The molecule has 1 aromatic carbocycles. The fourth-order valence-electron chi connectivity index (χ4n) is 2.61. The van der Waals surface area contributed by atoms with Gasteiger partial charge in [-0.25, -0.2) is 0 Å². The third-order valence-corrected chi connectivity index (χ3v) is 3.60. The Morgan fingerprint density at radius 2 is 2.32 bits per heavy atom. The van der Waals surface area contributed by atoms with E-state index in [1.807, 2.05) is 31.4 Å². The van der Waals surface area contributed by atoms with E-state index >= 15 is 0 Å². The van der Waals surface area contributed by atoms with Crippen molar-refractivity contribution >= 4 is 0 Å². The van der Waals surface area contributed by atoms with Crippen LogP contribution in [-0.4, -0.2) is 21.5 Å². The molecular weight excluding hydrogens is 240 g/mol. The molecule has 4 heteroatoms. The van der Waals surface area contributed by atoms with Crippen molar-refractivity contribution < 1.29 is 9.84 Å². The predicted molar refractivity (Wildman–Crippen MR) is 72.3 cm³/mol. The number of hydrogen-bond acceptors (Lipinski definition) is 3. The third-order valence-electron chi connectivity index (χ3n) is 3.60. The van der Waals surface area contributed by atoms with Gasteiger partial charge >= 0.3 is 0 Å². The lowest BCUT2D eigenvalue weighted by Crippen LogP contribution is -2.02. The number of aliphatic hydroxyl groups excluding tert-OH is 1. The molecule has 1 N–H and O–H groups in total. The molecule has 0 saturated heterocycles. The summed E-state index contributed by atoms with van der Waals surface area (Å²) in [5, 5.41) is 14.9. The first-order valence-electron chi connectivity index (χ1n) is 6.65. The zero-order valence-electron chi connectivity index (χ0n) is 11.3. The number of hydrogen-bond donors (Lipinski definition) is 1. The molecule has 0 radical (unpaired) electrons. The molecule has 0 aliphatic carbocycles. The standard InChI is InChI=1S/C15H18N2O2/c1-3-13-12(9-17(2)16-13)15(18)11-4-5-14-10(8-11)6-7-19-14/h4-5,8-9,15,18H,3,6-7H2,1-2H3. The molecule has 3 rings (SSSR count). The Morgan fingerprint density at radius 3 is 3.11 bits per heavy atom. The SMILES string of the molecule is CCc1nn(C)cc1C(O)c1ccc2c(c1)CCO2. The van der Waals surface area contributed by atoms with Gasteiger partial charge in [0.2, 0.25) is 0 Å². The van der Waals surface area contributed by atoms with Crippen molar-refractivity contribution in [2.75, 3.05) is 6.61 Å². The van der Waals surface area contributed by atoms with Crippen LogP contribution in [0.15, 0.2) is 24.4 Å². The van der Waals surface area contributed by atoms with Crippen molar-refractivity contribution in [3.8, 4) is 5.75 Å². The molecule has 2 heterocycles. The Bertz CT molecular complexity index is 604. The number of ether oxygens (including phenoxy) is 1. The second kappa shape index (κ2) is 4.70. The van der Waals surface area contributed by atoms with Gasteiger partial charge < -0.3 is 9.84 Å². The van der Waals surface area contributed by atoms with Gasteiger partial charge in [-0.05, 0) is 29.7 Å². The molecule has 0 fully saturated rings. The number of aryl methyl sites for hydroxylation is 2. The van der Waals surface area contributed by atoms with Crippen molar-refractivity contribution in [3.05, 3.63) is 46.8 Å². The van der Waals surface area contributed by atoms with Crippen LogP contribution >= 0.6 is 0 Å². The van der Waals surface area contributed by atoms with Crippen molar-refractivity contribution in [1.29, 1.82) is 0 Å². The quantitative estimate of drug-likeness (QED) is 0.916. The van der Waals surface area contributed by atoms with E-state index < -0.39 is 6.10 Å². The Hall–Kier alpha value is -1.81. The minimum Gasteiger partial charge on any atom is -0.493 e. The first-order chi connectivity index (χ1) is 9.19. The van der Waals surface area contributed by atoms with Crippen LogP contribution in [0.2, 0.25) is 0 Å². The smallest absolute Gasteiger partial charge is 0.122 e. The van der Waals surface area contributed by atoms with Crippen LogP contribution in [0.1, 0.15) is 35.4 Å². The lowest BCUT2D eigenvalue weighted by Gasteiger charge is -2.12. The van der Waals surface area contributed by atoms with Crippen LogP contribution in [0.25, 0.3) is 0 Å². The summed E-state index contributed by atoms with van der Waals surface area (Å²) in [7, 11) is 1.88. The number of nitrogens with zero attached hydrogens (tertiary/aromatic N) is 2. The second-order valence-corrected chi connectivity index (χ2v) is 4.93. The van der Waals surface area contributed by atoms with Gasteiger partial charge in [0, 0.05) is 25.2 Å². The summed E-state index contributed by atoms with van der Waals surface area (Å²) >= 11 is 0. The molecule has 100 valence electrons. The molecule has 1 aromatic heterocycles. The molecule has 1 aliphatic rings. The molecule has 0 bridgehead atoms. The van der Waals surface area contributed by atoms with Crippen molar-refractivity contribution in [1.82, 2.24) is 9.78 Å². The van der Waals surface area contributed by atoms with E-state index in [0.29, 0.717) is 0 Å². The molecule has 1 unspecified atom stereocenters. The van der Waals surface area contributed by atoms with E-state index in [4.69, 9.17) is 4.74 Å². The number of aliphatic hydroxyl groups is 1. The van der Waals surface area contributed by atoms with E-state index in [1.165, 1.54) is 5.56 Å². The fraction of sp³-hybridized carbons (Fsp3) is 0.400. The maximum Gasteiger partial charge on any atom is 0.122 e. The number of aromatic nitrogens is 2. The Kier molecular flexibility index (Phi) is 3.03. The van der Waals surface area contributed by atoms with E-state index in [1.54, 1.807) is 4.68 Å². The first-order valence-corrected chi connectivity index (χ1v) is 6.65. The summed E-state index contributed by atoms with van der Waals surface area (Å²) in [6, 6.07) is 5.92. The summed E-state index contributed by atoms with van der Waals surface area (Å²) < 4.78 is 7.25. The average molecular weight is 258 g/mol. The van der Waals surface area contributed by atoms with Crippen LogP contribution in [-0.2, 0) is 19.9 Å². The molecule has 1 aliphatic heterocycles. The van der Waals surface area contributed by atoms with E-state index in [9.17, 15) is 5.11 Å². The van der Waals surface area contributed by atoms with Gasteiger partial charge in [0.25, 0.3) is 0 Å². The molecular formula is C15H18N2O2. The Morgan fingerprint density at radius 1 is 1.47 bits per heavy atom. The average Bonchev–Trinajstić information content (AvgIpc) is 3.02. The number of fused-ring (bicyclic) bond motifs is 1. The number of benzene rings is 1. The highest BCUT2D eigenvalue weighted by Crippen LogP contribution is 2.31. The van der Waals surface area contributed by atoms with Gasteiger partial charge in [-0.3, -0.25) is 4.68 Å². The highest BCUT2D eigenvalue weighted by Gasteiger charge is 2.20. The molecule has 0 spiro atoms. The van der Waals surface area contributed by atoms with Gasteiger partial charge in [-0.15, -0.1) is 0 Å². The van der Waals surface area contributed by atoms with E-state index in [2.05, 4.69) is 12.0 Å². The summed E-state index contributed by atoms with van der Waals surface area (Å²) in [6.45, 7) is 2.79. The molecule has 0 amide bonds. The van der Waals surface area contributed by atoms with Crippen LogP contribution in [0.3, 0.4) is 0 Å². The Labute approximate surface area is 112 Å². The normalized spacial score (nSPS) is 15.1. The summed E-state index contributed by atoms with van der Waals surface area (Å²) in [5.41, 5.74) is 3.93. The first kappa shape index (κ1) is 12.2. The Balaban J connectivity index is 1.97. The van der Waals surface area contributed by atoms with Crippen LogP contribution in [0.4, 0.5) is 0 Å². The number of rotatable bonds is 3. The molecule has 2 aromatic rings. The van der Waals surface area contributed by atoms with Crippen molar-refractivity contribution in [2.45, 2.75) is 25.9 Å². The third kappa shape index (κ3) is 2.12.